The minimum absolute atomic E-state index is 0.0379. The van der Waals surface area contributed by atoms with Crippen LogP contribution in [0, 0.1) is 0 Å². The van der Waals surface area contributed by atoms with E-state index < -0.39 is 18.1 Å². The monoisotopic (exact) mass is 335 g/mol. The van der Waals surface area contributed by atoms with Crippen molar-refractivity contribution in [2.45, 2.75) is 31.3 Å². The van der Waals surface area contributed by atoms with E-state index >= 15 is 0 Å². The lowest BCUT2D eigenvalue weighted by Gasteiger charge is -2.20. The first kappa shape index (κ1) is 19.4. The standard InChI is InChI=1S/C16H25N5O3/c1-19-13(10-11-6-3-2-4-7-11)14(22)21-12(15(23)24)8-5-9-20-16(17)18/h2-4,6-7,12-13,19H,5,8-10H2,1H3,(H,21,22)(H,23,24)(H4,17,18,20)/t12-,13-/m0/s1. The van der Waals surface area contributed by atoms with Crippen molar-refractivity contribution in [3.8, 4) is 0 Å². The van der Waals surface area contributed by atoms with Gasteiger partial charge in [-0.05, 0) is 31.9 Å². The number of carbonyl (C=O) groups excluding carboxylic acids is 1. The lowest BCUT2D eigenvalue weighted by molar-refractivity contribution is -0.142. The van der Waals surface area contributed by atoms with Gasteiger partial charge in [0.05, 0.1) is 6.04 Å². The molecule has 7 N–H and O–H groups in total. The molecular weight excluding hydrogens is 310 g/mol. The highest BCUT2D eigenvalue weighted by molar-refractivity contribution is 5.87. The largest absolute Gasteiger partial charge is 0.480 e. The smallest absolute Gasteiger partial charge is 0.326 e. The highest BCUT2D eigenvalue weighted by Crippen LogP contribution is 2.05. The van der Waals surface area contributed by atoms with Crippen LogP contribution in [0.1, 0.15) is 18.4 Å². The molecule has 1 amide bonds. The lowest BCUT2D eigenvalue weighted by Crippen LogP contribution is -2.50. The van der Waals surface area contributed by atoms with Crippen LogP contribution in [0.2, 0.25) is 0 Å². The molecule has 0 saturated carbocycles. The summed E-state index contributed by atoms with van der Waals surface area (Å²) in [7, 11) is 1.67. The van der Waals surface area contributed by atoms with Crippen molar-refractivity contribution < 1.29 is 14.7 Å². The average molecular weight is 335 g/mol. The zero-order chi connectivity index (χ0) is 17.9. The fraction of sp³-hybridized carbons (Fsp3) is 0.438. The number of nitrogens with one attached hydrogen (secondary N) is 2. The van der Waals surface area contributed by atoms with Crippen molar-refractivity contribution in [1.29, 1.82) is 0 Å². The van der Waals surface area contributed by atoms with Crippen molar-refractivity contribution in [1.82, 2.24) is 10.6 Å². The Labute approximate surface area is 141 Å². The fourth-order valence-electron chi connectivity index (χ4n) is 2.21. The molecular formula is C16H25N5O3. The van der Waals surface area contributed by atoms with Gasteiger partial charge < -0.3 is 27.2 Å². The normalized spacial score (nSPS) is 12.9. The molecule has 0 spiro atoms. The van der Waals surface area contributed by atoms with Gasteiger partial charge >= 0.3 is 5.97 Å². The third-order valence-corrected chi connectivity index (χ3v) is 3.51. The summed E-state index contributed by atoms with van der Waals surface area (Å²) >= 11 is 0. The summed E-state index contributed by atoms with van der Waals surface area (Å²) in [6, 6.07) is 8.04. The molecule has 0 aliphatic rings. The van der Waals surface area contributed by atoms with E-state index in [0.717, 1.165) is 5.56 Å². The Hall–Kier alpha value is -2.61. The molecule has 1 aromatic carbocycles. The third-order valence-electron chi connectivity index (χ3n) is 3.51. The molecule has 24 heavy (non-hydrogen) atoms. The minimum Gasteiger partial charge on any atom is -0.480 e. The van der Waals surface area contributed by atoms with Crippen molar-refractivity contribution in [2.24, 2.45) is 16.5 Å². The van der Waals surface area contributed by atoms with Crippen LogP contribution in [0.4, 0.5) is 0 Å². The van der Waals surface area contributed by atoms with Crippen LogP contribution in [0.3, 0.4) is 0 Å². The maximum Gasteiger partial charge on any atom is 0.326 e. The number of hydrogen-bond donors (Lipinski definition) is 5. The number of nitrogens with zero attached hydrogens (tertiary/aromatic N) is 1. The van der Waals surface area contributed by atoms with E-state index in [-0.39, 0.29) is 18.3 Å². The number of likely N-dealkylation sites (N-methyl/N-ethyl adjacent to an activating group) is 1. The number of amides is 1. The Balaban J connectivity index is 2.58. The van der Waals surface area contributed by atoms with Crippen molar-refractivity contribution in [3.05, 3.63) is 35.9 Å². The zero-order valence-electron chi connectivity index (χ0n) is 13.7. The molecule has 0 aliphatic carbocycles. The molecule has 132 valence electrons. The molecule has 0 heterocycles. The number of guanidine groups is 1. The first-order chi connectivity index (χ1) is 11.4. The molecule has 8 nitrogen and oxygen atoms in total. The Morgan fingerprint density at radius 2 is 1.88 bits per heavy atom. The summed E-state index contributed by atoms with van der Waals surface area (Å²) in [5.74, 6) is -1.47. The summed E-state index contributed by atoms with van der Waals surface area (Å²) in [6.07, 6.45) is 1.18. The lowest BCUT2D eigenvalue weighted by atomic mass is 10.0. The molecule has 1 aromatic rings. The van der Waals surface area contributed by atoms with Gasteiger partial charge in [-0.15, -0.1) is 0 Å². The minimum atomic E-state index is -1.08. The molecule has 0 aromatic heterocycles. The SMILES string of the molecule is CN[C@@H](Cc1ccccc1)C(=O)N[C@@H](CCCN=C(N)N)C(=O)O. The Morgan fingerprint density at radius 3 is 2.42 bits per heavy atom. The fourth-order valence-corrected chi connectivity index (χ4v) is 2.21. The van der Waals surface area contributed by atoms with Crippen LogP contribution < -0.4 is 22.1 Å². The summed E-state index contributed by atoms with van der Waals surface area (Å²) in [6.45, 7) is 0.321. The third kappa shape index (κ3) is 7.10. The molecule has 0 unspecified atom stereocenters. The number of nitrogens with two attached hydrogens (primary N) is 2. The summed E-state index contributed by atoms with van der Waals surface area (Å²) < 4.78 is 0. The van der Waals surface area contributed by atoms with E-state index in [2.05, 4.69) is 15.6 Å². The van der Waals surface area contributed by atoms with E-state index in [0.29, 0.717) is 19.4 Å². The van der Waals surface area contributed by atoms with Crippen molar-refractivity contribution in [2.75, 3.05) is 13.6 Å². The molecule has 0 aliphatic heterocycles. The van der Waals surface area contributed by atoms with Gasteiger partial charge in [-0.2, -0.15) is 0 Å². The number of carboxylic acids is 1. The van der Waals surface area contributed by atoms with Crippen LogP contribution in [-0.4, -0.2) is 48.6 Å². The first-order valence-corrected chi connectivity index (χ1v) is 7.73. The molecule has 8 heteroatoms. The molecule has 0 radical (unpaired) electrons. The average Bonchev–Trinajstić information content (AvgIpc) is 2.55. The van der Waals surface area contributed by atoms with Gasteiger partial charge in [-0.3, -0.25) is 9.79 Å². The van der Waals surface area contributed by atoms with Gasteiger partial charge in [0.25, 0.3) is 0 Å². The predicted octanol–water partition coefficient (Wildman–Crippen LogP) is -0.560. The van der Waals surface area contributed by atoms with Gasteiger partial charge in [0, 0.05) is 6.54 Å². The maximum absolute atomic E-state index is 12.3. The van der Waals surface area contributed by atoms with Crippen molar-refractivity contribution in [3.63, 3.8) is 0 Å². The predicted molar refractivity (Wildman–Crippen MR) is 92.5 cm³/mol. The van der Waals surface area contributed by atoms with Gasteiger partial charge in [-0.1, -0.05) is 30.3 Å². The number of aliphatic carboxylic acids is 1. The maximum atomic E-state index is 12.3. The zero-order valence-corrected chi connectivity index (χ0v) is 13.7. The van der Waals surface area contributed by atoms with E-state index in [1.165, 1.54) is 0 Å². The molecule has 0 fully saturated rings. The number of carbonyl (C=O) groups is 2. The van der Waals surface area contributed by atoms with Gasteiger partial charge in [0.2, 0.25) is 5.91 Å². The number of benzene rings is 1. The van der Waals surface area contributed by atoms with E-state index in [1.807, 2.05) is 30.3 Å². The number of aliphatic imine (C=N–C) groups is 1. The summed E-state index contributed by atoms with van der Waals surface area (Å²) in [4.78, 5) is 27.4. The number of hydrogen-bond acceptors (Lipinski definition) is 4. The van der Waals surface area contributed by atoms with Crippen molar-refractivity contribution >= 4 is 17.8 Å². The Morgan fingerprint density at radius 1 is 1.21 bits per heavy atom. The van der Waals surface area contributed by atoms with Gasteiger partial charge in [0.15, 0.2) is 5.96 Å². The molecule has 0 bridgehead atoms. The van der Waals surface area contributed by atoms with Gasteiger partial charge in [0.1, 0.15) is 6.04 Å². The van der Waals surface area contributed by atoms with Crippen LogP contribution in [0.5, 0.6) is 0 Å². The Kier molecular flexibility index (Phi) is 8.28. The van der Waals surface area contributed by atoms with E-state index in [9.17, 15) is 14.7 Å². The number of carboxylic acid groups (broad SMARTS) is 1. The highest BCUT2D eigenvalue weighted by atomic mass is 16.4. The molecule has 1 rings (SSSR count). The van der Waals surface area contributed by atoms with Crippen LogP contribution in [0.25, 0.3) is 0 Å². The van der Waals surface area contributed by atoms with Crippen LogP contribution >= 0.6 is 0 Å². The molecule has 2 atom stereocenters. The highest BCUT2D eigenvalue weighted by Gasteiger charge is 2.24. The summed E-state index contributed by atoms with van der Waals surface area (Å²) in [5, 5.41) is 14.7. The second-order valence-corrected chi connectivity index (χ2v) is 5.38. The topological polar surface area (TPSA) is 143 Å². The van der Waals surface area contributed by atoms with Crippen LogP contribution in [-0.2, 0) is 16.0 Å². The van der Waals surface area contributed by atoms with Crippen LogP contribution in [0.15, 0.2) is 35.3 Å². The number of rotatable bonds is 10. The summed E-state index contributed by atoms with van der Waals surface area (Å²) in [5.41, 5.74) is 11.4. The quantitative estimate of drug-likeness (QED) is 0.220. The Bertz CT molecular complexity index is 558. The van der Waals surface area contributed by atoms with E-state index in [1.54, 1.807) is 7.05 Å². The second-order valence-electron chi connectivity index (χ2n) is 5.38. The molecule has 0 saturated heterocycles. The van der Waals surface area contributed by atoms with Gasteiger partial charge in [-0.25, -0.2) is 4.79 Å². The van der Waals surface area contributed by atoms with E-state index in [4.69, 9.17) is 11.5 Å². The first-order valence-electron chi connectivity index (χ1n) is 7.73. The second kappa shape index (κ2) is 10.2.